The Morgan fingerprint density at radius 1 is 1.26 bits per heavy atom. The van der Waals surface area contributed by atoms with Crippen molar-refractivity contribution in [3.63, 3.8) is 0 Å². The molecule has 0 bridgehead atoms. The fraction of sp³-hybridized carbons (Fsp3) is 0.438. The molecule has 100 valence electrons. The van der Waals surface area contributed by atoms with Gasteiger partial charge in [-0.1, -0.05) is 30.3 Å². The maximum Gasteiger partial charge on any atom is 0.110 e. The monoisotopic (exact) mass is 255 g/mol. The lowest BCUT2D eigenvalue weighted by Gasteiger charge is -2.31. The highest BCUT2D eigenvalue weighted by molar-refractivity contribution is 5.15. The molecule has 0 spiro atoms. The van der Waals surface area contributed by atoms with E-state index < -0.39 is 0 Å². The molecule has 0 amide bonds. The number of nitrogens with zero attached hydrogens (tertiary/aromatic N) is 2. The van der Waals surface area contributed by atoms with E-state index in [1.54, 1.807) is 0 Å². The molecule has 1 aliphatic heterocycles. The summed E-state index contributed by atoms with van der Waals surface area (Å²) in [7, 11) is 0. The molecule has 0 radical (unpaired) electrons. The Labute approximate surface area is 114 Å². The van der Waals surface area contributed by atoms with Crippen molar-refractivity contribution in [1.82, 2.24) is 14.9 Å². The summed E-state index contributed by atoms with van der Waals surface area (Å²) in [6.07, 6.45) is 7.47. The van der Waals surface area contributed by atoms with Gasteiger partial charge < -0.3 is 9.88 Å². The number of imidazole rings is 1. The van der Waals surface area contributed by atoms with E-state index >= 15 is 0 Å². The molecule has 1 saturated heterocycles. The SMILES string of the molecule is c1ccc(CCN2CCCC(c3ncc[nH]3)C2)cc1. The van der Waals surface area contributed by atoms with Crippen LogP contribution < -0.4 is 0 Å². The molecule has 3 rings (SSSR count). The maximum atomic E-state index is 4.41. The normalized spacial score (nSPS) is 20.5. The van der Waals surface area contributed by atoms with Gasteiger partial charge in [-0.05, 0) is 31.4 Å². The summed E-state index contributed by atoms with van der Waals surface area (Å²) < 4.78 is 0. The molecule has 3 nitrogen and oxygen atoms in total. The van der Waals surface area contributed by atoms with Gasteiger partial charge in [-0.2, -0.15) is 0 Å². The quantitative estimate of drug-likeness (QED) is 0.911. The van der Waals surface area contributed by atoms with Crippen molar-refractivity contribution in [2.45, 2.75) is 25.2 Å². The van der Waals surface area contributed by atoms with Crippen LogP contribution in [0.25, 0.3) is 0 Å². The van der Waals surface area contributed by atoms with Gasteiger partial charge in [-0.3, -0.25) is 0 Å². The molecule has 3 heteroatoms. The van der Waals surface area contributed by atoms with Gasteiger partial charge in [0.1, 0.15) is 5.82 Å². The lowest BCUT2D eigenvalue weighted by Crippen LogP contribution is -2.36. The highest BCUT2D eigenvalue weighted by atomic mass is 15.1. The standard InChI is InChI=1S/C16H21N3/c1-2-5-14(6-3-1)8-12-19-11-4-7-15(13-19)16-17-9-10-18-16/h1-3,5-6,9-10,15H,4,7-8,11-13H2,(H,17,18). The van der Waals surface area contributed by atoms with Gasteiger partial charge >= 0.3 is 0 Å². The third-order valence-electron chi connectivity index (χ3n) is 3.97. The first kappa shape index (κ1) is 12.4. The molecule has 1 aromatic heterocycles. The van der Waals surface area contributed by atoms with Crippen molar-refractivity contribution in [3.05, 3.63) is 54.1 Å². The van der Waals surface area contributed by atoms with E-state index in [9.17, 15) is 0 Å². The van der Waals surface area contributed by atoms with Crippen LogP contribution >= 0.6 is 0 Å². The van der Waals surface area contributed by atoms with E-state index in [1.165, 1.54) is 24.9 Å². The van der Waals surface area contributed by atoms with Crippen molar-refractivity contribution in [1.29, 1.82) is 0 Å². The van der Waals surface area contributed by atoms with Gasteiger partial charge in [0.2, 0.25) is 0 Å². The minimum Gasteiger partial charge on any atom is -0.348 e. The number of hydrogen-bond donors (Lipinski definition) is 1. The number of rotatable bonds is 4. The van der Waals surface area contributed by atoms with Crippen LogP contribution in [0.3, 0.4) is 0 Å². The molecule has 1 N–H and O–H groups in total. The van der Waals surface area contributed by atoms with Crippen LogP contribution in [0.1, 0.15) is 30.1 Å². The third kappa shape index (κ3) is 3.24. The second kappa shape index (κ2) is 6.02. The number of aromatic amines is 1. The number of piperidine rings is 1. The zero-order valence-corrected chi connectivity index (χ0v) is 11.3. The Morgan fingerprint density at radius 2 is 2.16 bits per heavy atom. The molecule has 19 heavy (non-hydrogen) atoms. The third-order valence-corrected chi connectivity index (χ3v) is 3.97. The smallest absolute Gasteiger partial charge is 0.110 e. The van der Waals surface area contributed by atoms with Gasteiger partial charge in [-0.15, -0.1) is 0 Å². The van der Waals surface area contributed by atoms with Crippen molar-refractivity contribution in [3.8, 4) is 0 Å². The molecular weight excluding hydrogens is 234 g/mol. The van der Waals surface area contributed by atoms with Gasteiger partial charge in [0, 0.05) is 31.4 Å². The summed E-state index contributed by atoms with van der Waals surface area (Å²) in [4.78, 5) is 10.2. The summed E-state index contributed by atoms with van der Waals surface area (Å²) >= 11 is 0. The van der Waals surface area contributed by atoms with E-state index in [4.69, 9.17) is 0 Å². The number of nitrogens with one attached hydrogen (secondary N) is 1. The van der Waals surface area contributed by atoms with Gasteiger partial charge in [0.15, 0.2) is 0 Å². The molecule has 0 saturated carbocycles. The van der Waals surface area contributed by atoms with E-state index in [-0.39, 0.29) is 0 Å². The first-order chi connectivity index (χ1) is 9.42. The molecule has 1 atom stereocenters. The van der Waals surface area contributed by atoms with Crippen LogP contribution in [0.15, 0.2) is 42.7 Å². The minimum absolute atomic E-state index is 0.583. The fourth-order valence-electron chi connectivity index (χ4n) is 2.91. The van der Waals surface area contributed by atoms with Crippen LogP contribution in [0.5, 0.6) is 0 Å². The minimum atomic E-state index is 0.583. The topological polar surface area (TPSA) is 31.9 Å². The Morgan fingerprint density at radius 3 is 2.95 bits per heavy atom. The summed E-state index contributed by atoms with van der Waals surface area (Å²) in [6.45, 7) is 3.52. The highest BCUT2D eigenvalue weighted by Crippen LogP contribution is 2.24. The van der Waals surface area contributed by atoms with Crippen LogP contribution in [0.4, 0.5) is 0 Å². The number of aromatic nitrogens is 2. The Kier molecular flexibility index (Phi) is 3.94. The zero-order chi connectivity index (χ0) is 12.9. The second-order valence-electron chi connectivity index (χ2n) is 5.35. The lowest BCUT2D eigenvalue weighted by molar-refractivity contribution is 0.207. The van der Waals surface area contributed by atoms with Crippen molar-refractivity contribution < 1.29 is 0 Å². The lowest BCUT2D eigenvalue weighted by atomic mass is 9.97. The molecule has 2 aromatic rings. The molecule has 1 aromatic carbocycles. The predicted octanol–water partition coefficient (Wildman–Crippen LogP) is 2.83. The summed E-state index contributed by atoms with van der Waals surface area (Å²) in [5, 5.41) is 0. The second-order valence-corrected chi connectivity index (χ2v) is 5.35. The highest BCUT2D eigenvalue weighted by Gasteiger charge is 2.22. The van der Waals surface area contributed by atoms with E-state index in [1.807, 2.05) is 12.4 Å². The van der Waals surface area contributed by atoms with Crippen LogP contribution in [0, 0.1) is 0 Å². The number of H-pyrrole nitrogens is 1. The molecular formula is C16H21N3. The average Bonchev–Trinajstić information content (AvgIpc) is 3.01. The van der Waals surface area contributed by atoms with Crippen LogP contribution in [0.2, 0.25) is 0 Å². The molecule has 2 heterocycles. The zero-order valence-electron chi connectivity index (χ0n) is 11.3. The molecule has 1 fully saturated rings. The van der Waals surface area contributed by atoms with Crippen LogP contribution in [-0.4, -0.2) is 34.5 Å². The van der Waals surface area contributed by atoms with Gasteiger partial charge in [-0.25, -0.2) is 4.98 Å². The first-order valence-electron chi connectivity index (χ1n) is 7.17. The Balaban J connectivity index is 1.54. The molecule has 1 aliphatic rings. The van der Waals surface area contributed by atoms with E-state index in [0.29, 0.717) is 5.92 Å². The van der Waals surface area contributed by atoms with Gasteiger partial charge in [0.25, 0.3) is 0 Å². The largest absolute Gasteiger partial charge is 0.348 e. The number of hydrogen-bond acceptors (Lipinski definition) is 2. The van der Waals surface area contributed by atoms with Crippen molar-refractivity contribution in [2.75, 3.05) is 19.6 Å². The molecule has 1 unspecified atom stereocenters. The van der Waals surface area contributed by atoms with Crippen molar-refractivity contribution >= 4 is 0 Å². The van der Waals surface area contributed by atoms with Gasteiger partial charge in [0.05, 0.1) is 0 Å². The predicted molar refractivity (Wildman–Crippen MR) is 77.1 cm³/mol. The van der Waals surface area contributed by atoms with Crippen molar-refractivity contribution in [2.24, 2.45) is 0 Å². The average molecular weight is 255 g/mol. The van der Waals surface area contributed by atoms with E-state index in [2.05, 4.69) is 45.2 Å². The Bertz CT molecular complexity index is 478. The van der Waals surface area contributed by atoms with Crippen LogP contribution in [-0.2, 0) is 6.42 Å². The molecule has 0 aliphatic carbocycles. The van der Waals surface area contributed by atoms with E-state index in [0.717, 1.165) is 25.3 Å². The fourth-order valence-corrected chi connectivity index (χ4v) is 2.91. The first-order valence-corrected chi connectivity index (χ1v) is 7.17. The Hall–Kier alpha value is -1.61. The number of likely N-dealkylation sites (tertiary alicyclic amines) is 1. The maximum absolute atomic E-state index is 4.41. The number of benzene rings is 1. The summed E-state index contributed by atoms with van der Waals surface area (Å²) in [5.41, 5.74) is 1.43. The summed E-state index contributed by atoms with van der Waals surface area (Å²) in [6, 6.07) is 10.8. The summed E-state index contributed by atoms with van der Waals surface area (Å²) in [5.74, 6) is 1.74.